The summed E-state index contributed by atoms with van der Waals surface area (Å²) in [4.78, 5) is 61.1. The molecule has 1 heterocycles. The first-order chi connectivity index (χ1) is 14.3. The molecule has 0 aliphatic carbocycles. The fourth-order valence-electron chi connectivity index (χ4n) is 3.15. The SMILES string of the molecule is NC(=O)CNC(=O)[C@@H]1CCCN1C(=O)CNC(=O)[C@H](NC(=O)CO)c1ccccc1. The standard InChI is InChI=1S/C19H25N5O6/c20-14(26)9-21-18(29)13-7-4-8-24(13)16(28)10-22-19(30)17(23-15(27)11-25)12-5-2-1-3-6-12/h1-3,5-6,13,17,25H,4,7-11H2,(H2,20,26)(H,21,29)(H,22,30)(H,23,27)/t13-,17+/m0/s1. The van der Waals surface area contributed by atoms with Crippen LogP contribution in [-0.4, -0.2) is 71.8 Å². The van der Waals surface area contributed by atoms with Gasteiger partial charge in [-0.3, -0.25) is 24.0 Å². The second-order valence-electron chi connectivity index (χ2n) is 6.72. The van der Waals surface area contributed by atoms with Crippen LogP contribution in [0.4, 0.5) is 0 Å². The topological polar surface area (TPSA) is 171 Å². The van der Waals surface area contributed by atoms with E-state index in [0.29, 0.717) is 24.9 Å². The Morgan fingerprint density at radius 3 is 2.43 bits per heavy atom. The molecule has 2 rings (SSSR count). The summed E-state index contributed by atoms with van der Waals surface area (Å²) in [5, 5.41) is 16.2. The number of nitrogens with two attached hydrogens (primary N) is 1. The number of carbonyl (C=O) groups excluding carboxylic acids is 5. The van der Waals surface area contributed by atoms with Crippen LogP contribution in [0.25, 0.3) is 0 Å². The van der Waals surface area contributed by atoms with E-state index < -0.39 is 48.2 Å². The van der Waals surface area contributed by atoms with Crippen molar-refractivity contribution in [2.24, 2.45) is 5.73 Å². The third-order valence-corrected chi connectivity index (χ3v) is 4.57. The predicted octanol–water partition coefficient (Wildman–Crippen LogP) is -2.46. The van der Waals surface area contributed by atoms with Crippen molar-refractivity contribution in [1.82, 2.24) is 20.9 Å². The quantitative estimate of drug-likeness (QED) is 0.297. The Hall–Kier alpha value is -3.47. The molecule has 1 aromatic rings. The lowest BCUT2D eigenvalue weighted by Crippen LogP contribution is -2.51. The van der Waals surface area contributed by atoms with Crippen molar-refractivity contribution in [2.45, 2.75) is 24.9 Å². The molecule has 1 saturated heterocycles. The lowest BCUT2D eigenvalue weighted by Gasteiger charge is -2.24. The van der Waals surface area contributed by atoms with Gasteiger partial charge in [0, 0.05) is 6.54 Å². The number of hydrogen-bond donors (Lipinski definition) is 5. The van der Waals surface area contributed by atoms with Gasteiger partial charge in [0.05, 0.1) is 13.1 Å². The Labute approximate surface area is 173 Å². The lowest BCUT2D eigenvalue weighted by atomic mass is 10.1. The van der Waals surface area contributed by atoms with E-state index in [2.05, 4.69) is 16.0 Å². The molecule has 30 heavy (non-hydrogen) atoms. The smallest absolute Gasteiger partial charge is 0.247 e. The Bertz CT molecular complexity index is 800. The number of amides is 5. The van der Waals surface area contributed by atoms with Crippen LogP contribution in [0.15, 0.2) is 30.3 Å². The summed E-state index contributed by atoms with van der Waals surface area (Å²) >= 11 is 0. The van der Waals surface area contributed by atoms with E-state index in [1.807, 2.05) is 0 Å². The van der Waals surface area contributed by atoms with Gasteiger partial charge in [-0.05, 0) is 18.4 Å². The third-order valence-electron chi connectivity index (χ3n) is 4.57. The van der Waals surface area contributed by atoms with Crippen molar-refractivity contribution >= 4 is 29.5 Å². The van der Waals surface area contributed by atoms with E-state index in [1.165, 1.54) is 4.90 Å². The molecule has 6 N–H and O–H groups in total. The maximum absolute atomic E-state index is 12.6. The van der Waals surface area contributed by atoms with Gasteiger partial charge in [-0.1, -0.05) is 30.3 Å². The van der Waals surface area contributed by atoms with E-state index in [4.69, 9.17) is 10.8 Å². The van der Waals surface area contributed by atoms with E-state index in [9.17, 15) is 24.0 Å². The van der Waals surface area contributed by atoms with Crippen LogP contribution >= 0.6 is 0 Å². The number of likely N-dealkylation sites (tertiary alicyclic amines) is 1. The Morgan fingerprint density at radius 1 is 1.10 bits per heavy atom. The van der Waals surface area contributed by atoms with Gasteiger partial charge in [0.2, 0.25) is 29.5 Å². The van der Waals surface area contributed by atoms with Gasteiger partial charge in [-0.25, -0.2) is 0 Å². The summed E-state index contributed by atoms with van der Waals surface area (Å²) in [6.45, 7) is -1.15. The van der Waals surface area contributed by atoms with E-state index in [1.54, 1.807) is 30.3 Å². The summed E-state index contributed by atoms with van der Waals surface area (Å²) < 4.78 is 0. The highest BCUT2D eigenvalue weighted by molar-refractivity contribution is 5.94. The predicted molar refractivity (Wildman–Crippen MR) is 104 cm³/mol. The van der Waals surface area contributed by atoms with Crippen LogP contribution in [0.2, 0.25) is 0 Å². The zero-order valence-corrected chi connectivity index (χ0v) is 16.3. The maximum atomic E-state index is 12.6. The second kappa shape index (κ2) is 10.9. The van der Waals surface area contributed by atoms with Gasteiger partial charge >= 0.3 is 0 Å². The molecule has 1 aliphatic heterocycles. The Kier molecular flexibility index (Phi) is 8.29. The number of carbonyl (C=O) groups is 5. The molecule has 1 aromatic carbocycles. The largest absolute Gasteiger partial charge is 0.387 e. The Morgan fingerprint density at radius 2 is 1.80 bits per heavy atom. The molecular weight excluding hydrogens is 394 g/mol. The van der Waals surface area contributed by atoms with Crippen molar-refractivity contribution in [3.63, 3.8) is 0 Å². The average molecular weight is 419 g/mol. The molecule has 5 amide bonds. The monoisotopic (exact) mass is 419 g/mol. The van der Waals surface area contributed by atoms with Crippen LogP contribution in [0.3, 0.4) is 0 Å². The van der Waals surface area contributed by atoms with Gasteiger partial charge in [-0.15, -0.1) is 0 Å². The summed E-state index contributed by atoms with van der Waals surface area (Å²) in [6, 6.07) is 6.54. The van der Waals surface area contributed by atoms with Gasteiger partial charge < -0.3 is 31.7 Å². The first kappa shape index (κ1) is 22.8. The number of aliphatic hydroxyl groups is 1. The number of rotatable bonds is 9. The van der Waals surface area contributed by atoms with Crippen LogP contribution < -0.4 is 21.7 Å². The number of hydrogen-bond acceptors (Lipinski definition) is 6. The molecule has 1 aliphatic rings. The lowest BCUT2D eigenvalue weighted by molar-refractivity contribution is -0.139. The number of benzene rings is 1. The Balaban J connectivity index is 1.98. The molecule has 1 fully saturated rings. The number of aliphatic hydroxyl groups excluding tert-OH is 1. The molecule has 2 atom stereocenters. The van der Waals surface area contributed by atoms with E-state index >= 15 is 0 Å². The van der Waals surface area contributed by atoms with Crippen molar-refractivity contribution in [2.75, 3.05) is 26.2 Å². The first-order valence-electron chi connectivity index (χ1n) is 9.41. The minimum absolute atomic E-state index is 0.322. The third kappa shape index (κ3) is 6.27. The molecule has 162 valence electrons. The molecular formula is C19H25N5O6. The fraction of sp³-hybridized carbons (Fsp3) is 0.421. The zero-order chi connectivity index (χ0) is 22.1. The zero-order valence-electron chi connectivity index (χ0n) is 16.3. The average Bonchev–Trinajstić information content (AvgIpc) is 3.24. The minimum atomic E-state index is -1.09. The molecule has 0 aromatic heterocycles. The highest BCUT2D eigenvalue weighted by atomic mass is 16.3. The summed E-state index contributed by atoms with van der Waals surface area (Å²) in [5.41, 5.74) is 5.49. The highest BCUT2D eigenvalue weighted by Gasteiger charge is 2.34. The van der Waals surface area contributed by atoms with Crippen LogP contribution in [0.5, 0.6) is 0 Å². The molecule has 0 bridgehead atoms. The molecule has 11 heteroatoms. The number of nitrogens with zero attached hydrogens (tertiary/aromatic N) is 1. The van der Waals surface area contributed by atoms with E-state index in [0.717, 1.165) is 0 Å². The summed E-state index contributed by atoms with van der Waals surface area (Å²) in [5.74, 6) is -3.02. The second-order valence-corrected chi connectivity index (χ2v) is 6.72. The van der Waals surface area contributed by atoms with Crippen molar-refractivity contribution in [1.29, 1.82) is 0 Å². The van der Waals surface area contributed by atoms with E-state index in [-0.39, 0.29) is 13.1 Å². The number of primary amides is 1. The number of nitrogens with one attached hydrogen (secondary N) is 3. The summed E-state index contributed by atoms with van der Waals surface area (Å²) in [6.07, 6.45) is 1.04. The van der Waals surface area contributed by atoms with Gasteiger partial charge in [0.15, 0.2) is 0 Å². The molecule has 0 saturated carbocycles. The van der Waals surface area contributed by atoms with Gasteiger partial charge in [0.1, 0.15) is 18.7 Å². The molecule has 0 unspecified atom stereocenters. The maximum Gasteiger partial charge on any atom is 0.247 e. The minimum Gasteiger partial charge on any atom is -0.387 e. The molecule has 0 spiro atoms. The van der Waals surface area contributed by atoms with Crippen LogP contribution in [0, 0.1) is 0 Å². The van der Waals surface area contributed by atoms with Crippen molar-refractivity contribution in [3.05, 3.63) is 35.9 Å². The summed E-state index contributed by atoms with van der Waals surface area (Å²) in [7, 11) is 0. The molecule has 11 nitrogen and oxygen atoms in total. The van der Waals surface area contributed by atoms with Crippen molar-refractivity contribution in [3.8, 4) is 0 Å². The van der Waals surface area contributed by atoms with Crippen molar-refractivity contribution < 1.29 is 29.1 Å². The van der Waals surface area contributed by atoms with Crippen LogP contribution in [-0.2, 0) is 24.0 Å². The highest BCUT2D eigenvalue weighted by Crippen LogP contribution is 2.18. The fourth-order valence-corrected chi connectivity index (χ4v) is 3.15. The first-order valence-corrected chi connectivity index (χ1v) is 9.41. The molecule has 0 radical (unpaired) electrons. The normalized spacial score (nSPS) is 16.4. The van der Waals surface area contributed by atoms with Gasteiger partial charge in [0.25, 0.3) is 0 Å². The van der Waals surface area contributed by atoms with Gasteiger partial charge in [-0.2, -0.15) is 0 Å². The van der Waals surface area contributed by atoms with Crippen LogP contribution in [0.1, 0.15) is 24.4 Å².